The molecule has 1 saturated carbocycles. The number of hydrogen-bond acceptors (Lipinski definition) is 5. The van der Waals surface area contributed by atoms with Crippen LogP contribution in [-0.2, 0) is 10.0 Å². The van der Waals surface area contributed by atoms with Gasteiger partial charge < -0.3 is 4.74 Å². The highest BCUT2D eigenvalue weighted by Crippen LogP contribution is 2.46. The van der Waals surface area contributed by atoms with Gasteiger partial charge in [-0.1, -0.05) is 30.1 Å². The molecule has 1 amide bonds. The average molecular weight is 543 g/mol. The van der Waals surface area contributed by atoms with Crippen molar-refractivity contribution in [3.05, 3.63) is 62.9 Å². The minimum absolute atomic E-state index is 0.126. The Morgan fingerprint density at radius 1 is 1.20 bits per heavy atom. The molecule has 4 rings (SSSR count). The molecule has 0 aromatic heterocycles. The molecule has 35 heavy (non-hydrogen) atoms. The van der Waals surface area contributed by atoms with E-state index in [0.29, 0.717) is 22.4 Å². The molecule has 1 N–H and O–H groups in total. The summed E-state index contributed by atoms with van der Waals surface area (Å²) >= 11 is 12.3. The summed E-state index contributed by atoms with van der Waals surface area (Å²) in [6, 6.07) is 8.31. The van der Waals surface area contributed by atoms with Gasteiger partial charge in [0.15, 0.2) is 0 Å². The van der Waals surface area contributed by atoms with Crippen molar-refractivity contribution in [2.75, 3.05) is 25.4 Å². The zero-order valence-electron chi connectivity index (χ0n) is 19.9. The average Bonchev–Trinajstić information content (AvgIpc) is 3.59. The molecule has 6 nitrogen and oxygen atoms in total. The van der Waals surface area contributed by atoms with Gasteiger partial charge >= 0.3 is 0 Å². The number of amides is 1. The quantitative estimate of drug-likeness (QED) is 0.449. The first-order valence-electron chi connectivity index (χ1n) is 11.6. The predicted octanol–water partition coefficient (Wildman–Crippen LogP) is 5.55. The Morgan fingerprint density at radius 2 is 1.83 bits per heavy atom. The van der Waals surface area contributed by atoms with Crippen LogP contribution in [0.1, 0.15) is 67.1 Å². The molecule has 1 aliphatic heterocycles. The molecular weight excluding hydrogens is 514 g/mol. The highest BCUT2D eigenvalue weighted by atomic mass is 35.5. The number of benzene rings is 2. The maximum Gasteiger partial charge on any atom is 0.267 e. The second-order valence-corrected chi connectivity index (χ2v) is 12.7. The molecule has 0 spiro atoms. The molecule has 0 radical (unpaired) electrons. The Morgan fingerprint density at radius 3 is 2.40 bits per heavy atom. The van der Waals surface area contributed by atoms with Crippen molar-refractivity contribution in [2.24, 2.45) is 5.41 Å². The van der Waals surface area contributed by atoms with Crippen molar-refractivity contribution in [3.8, 4) is 5.75 Å². The van der Waals surface area contributed by atoms with E-state index in [9.17, 15) is 17.6 Å². The van der Waals surface area contributed by atoms with Crippen molar-refractivity contribution >= 4 is 39.1 Å². The van der Waals surface area contributed by atoms with E-state index in [1.165, 1.54) is 19.1 Å². The first-order valence-corrected chi connectivity index (χ1v) is 14.0. The van der Waals surface area contributed by atoms with Gasteiger partial charge in [-0.05, 0) is 68.0 Å². The summed E-state index contributed by atoms with van der Waals surface area (Å²) in [5, 5.41) is 1.20. The van der Waals surface area contributed by atoms with Crippen LogP contribution in [0, 0.1) is 11.2 Å². The van der Waals surface area contributed by atoms with Gasteiger partial charge in [-0.15, -0.1) is 0 Å². The Hall–Kier alpha value is -1.87. The van der Waals surface area contributed by atoms with E-state index in [1.54, 1.807) is 6.07 Å². The highest BCUT2D eigenvalue weighted by Gasteiger charge is 2.42. The summed E-state index contributed by atoms with van der Waals surface area (Å²) in [6.07, 6.45) is 1.84. The van der Waals surface area contributed by atoms with Gasteiger partial charge in [0.25, 0.3) is 5.91 Å². The smallest absolute Gasteiger partial charge is 0.267 e. The fourth-order valence-corrected chi connectivity index (χ4v) is 5.51. The third-order valence-corrected chi connectivity index (χ3v) is 8.34. The Labute approximate surface area is 215 Å². The Kier molecular flexibility index (Phi) is 7.40. The SMILES string of the molecule is CCS(=O)(=O)NC(=O)c1cc(C2CC2)c(OCC2(C)CN(C(C)c3cc(Cl)cc(Cl)c3)C2)cc1F. The molecule has 10 heteroatoms. The van der Waals surface area contributed by atoms with Gasteiger partial charge in [0.1, 0.15) is 11.6 Å². The van der Waals surface area contributed by atoms with Crippen LogP contribution in [-0.4, -0.2) is 44.7 Å². The van der Waals surface area contributed by atoms with E-state index >= 15 is 0 Å². The zero-order chi connectivity index (χ0) is 25.5. The van der Waals surface area contributed by atoms with Crippen molar-refractivity contribution in [2.45, 2.75) is 45.6 Å². The molecule has 2 aromatic carbocycles. The van der Waals surface area contributed by atoms with Gasteiger partial charge in [-0.2, -0.15) is 0 Å². The van der Waals surface area contributed by atoms with Crippen LogP contribution in [0.25, 0.3) is 0 Å². The molecule has 1 aliphatic carbocycles. The number of sulfonamides is 1. The van der Waals surface area contributed by atoms with Crippen LogP contribution >= 0.6 is 23.2 Å². The number of carbonyl (C=O) groups is 1. The molecule has 190 valence electrons. The van der Waals surface area contributed by atoms with Crippen LogP contribution in [0.3, 0.4) is 0 Å². The minimum atomic E-state index is -3.79. The van der Waals surface area contributed by atoms with Gasteiger partial charge in [0.05, 0.1) is 17.9 Å². The van der Waals surface area contributed by atoms with Crippen molar-refractivity contribution in [1.29, 1.82) is 0 Å². The third kappa shape index (κ3) is 6.10. The third-order valence-electron chi connectivity index (χ3n) is 6.65. The number of rotatable bonds is 9. The lowest BCUT2D eigenvalue weighted by Gasteiger charge is -2.50. The zero-order valence-corrected chi connectivity index (χ0v) is 22.2. The summed E-state index contributed by atoms with van der Waals surface area (Å²) in [5.41, 5.74) is 1.38. The number of ether oxygens (including phenoxy) is 1. The molecule has 2 aromatic rings. The van der Waals surface area contributed by atoms with E-state index in [0.717, 1.165) is 37.1 Å². The number of carbonyl (C=O) groups excluding carboxylic acids is 1. The molecule has 1 atom stereocenters. The summed E-state index contributed by atoms with van der Waals surface area (Å²) < 4.78 is 46.3. The van der Waals surface area contributed by atoms with Crippen LogP contribution in [0.5, 0.6) is 5.75 Å². The molecule has 1 saturated heterocycles. The first-order chi connectivity index (χ1) is 16.4. The second kappa shape index (κ2) is 9.88. The van der Waals surface area contributed by atoms with Gasteiger partial charge in [0, 0.05) is 40.7 Å². The van der Waals surface area contributed by atoms with Gasteiger partial charge in [-0.3, -0.25) is 9.69 Å². The fraction of sp³-hybridized carbons (Fsp3) is 0.480. The molecule has 1 heterocycles. The number of hydrogen-bond donors (Lipinski definition) is 1. The topological polar surface area (TPSA) is 75.7 Å². The molecule has 2 aliphatic rings. The van der Waals surface area contributed by atoms with Crippen LogP contribution in [0.15, 0.2) is 30.3 Å². The summed E-state index contributed by atoms with van der Waals surface area (Å²) in [4.78, 5) is 14.7. The number of halogens is 3. The number of likely N-dealkylation sites (tertiary alicyclic amines) is 1. The van der Waals surface area contributed by atoms with Gasteiger partial charge in [0.2, 0.25) is 10.0 Å². The largest absolute Gasteiger partial charge is 0.493 e. The lowest BCUT2D eigenvalue weighted by Crippen LogP contribution is -2.57. The van der Waals surface area contributed by atoms with Crippen molar-refractivity contribution < 1.29 is 22.3 Å². The lowest BCUT2D eigenvalue weighted by molar-refractivity contribution is -0.0429. The van der Waals surface area contributed by atoms with Crippen LogP contribution in [0.4, 0.5) is 4.39 Å². The standard InChI is InChI=1S/C25H29Cl2FN2O4S/c1-4-35(32,33)29-24(31)21-10-20(16-5-6-16)23(11-22(21)28)34-14-25(3)12-30(13-25)15(2)17-7-18(26)9-19(27)8-17/h7-11,15-16H,4-6,12-14H2,1-3H3,(H,29,31). The molecule has 0 bridgehead atoms. The normalized spacial score (nSPS) is 18.6. The van der Waals surface area contributed by atoms with Crippen molar-refractivity contribution in [3.63, 3.8) is 0 Å². The Balaban J connectivity index is 1.43. The minimum Gasteiger partial charge on any atom is -0.493 e. The van der Waals surface area contributed by atoms with Crippen LogP contribution < -0.4 is 9.46 Å². The van der Waals surface area contributed by atoms with Crippen molar-refractivity contribution in [1.82, 2.24) is 9.62 Å². The lowest BCUT2D eigenvalue weighted by atomic mass is 9.81. The van der Waals surface area contributed by atoms with E-state index in [2.05, 4.69) is 18.7 Å². The van der Waals surface area contributed by atoms with Gasteiger partial charge in [-0.25, -0.2) is 17.5 Å². The van der Waals surface area contributed by atoms with Crippen LogP contribution in [0.2, 0.25) is 10.0 Å². The summed E-state index contributed by atoms with van der Waals surface area (Å²) in [5.74, 6) is -1.45. The fourth-order valence-electron chi connectivity index (χ4n) is 4.43. The monoisotopic (exact) mass is 542 g/mol. The maximum atomic E-state index is 14.8. The van der Waals surface area contributed by atoms with E-state index in [4.69, 9.17) is 27.9 Å². The van der Waals surface area contributed by atoms with E-state index < -0.39 is 21.7 Å². The highest BCUT2D eigenvalue weighted by molar-refractivity contribution is 7.90. The molecular formula is C25H29Cl2FN2O4S. The number of nitrogens with zero attached hydrogens (tertiary/aromatic N) is 1. The summed E-state index contributed by atoms with van der Waals surface area (Å²) in [7, 11) is -3.79. The second-order valence-electron chi connectivity index (χ2n) is 9.86. The van der Waals surface area contributed by atoms with E-state index in [1.807, 2.05) is 16.9 Å². The maximum absolute atomic E-state index is 14.8. The predicted molar refractivity (Wildman–Crippen MR) is 135 cm³/mol. The Bertz CT molecular complexity index is 1220. The first kappa shape index (κ1) is 26.2. The summed E-state index contributed by atoms with van der Waals surface area (Å²) in [6.45, 7) is 7.59. The van der Waals surface area contributed by atoms with E-state index in [-0.39, 0.29) is 28.7 Å². The molecule has 2 fully saturated rings. The number of nitrogens with one attached hydrogen (secondary N) is 1. The molecule has 1 unspecified atom stereocenters.